The standard InChI is InChI=1S/C26H25NO5/c28-17-25(30)31-23-13-7-12-21-20(14-15-22(21)23)16-24(29)27-32-26(18-8-3-1-4-9-18)19-10-5-2-6-11-19/h1-13,20,26,28H,14-17H2,(H,27,29). The number of fused-ring (bicyclic) bond motifs is 1. The molecule has 0 radical (unpaired) electrons. The number of aliphatic hydroxyl groups is 1. The molecule has 0 heterocycles. The molecule has 0 fully saturated rings. The van der Waals surface area contributed by atoms with Gasteiger partial charge in [0.25, 0.3) is 0 Å². The molecular formula is C26H25NO5. The highest BCUT2D eigenvalue weighted by molar-refractivity contribution is 5.77. The molecule has 1 aliphatic carbocycles. The SMILES string of the molecule is O=C(CC1CCc2c(OC(=O)CO)cccc21)NOC(c1ccccc1)c1ccccc1. The van der Waals surface area contributed by atoms with Gasteiger partial charge >= 0.3 is 5.97 Å². The Morgan fingerprint density at radius 3 is 2.22 bits per heavy atom. The number of amides is 1. The van der Waals surface area contributed by atoms with Gasteiger partial charge in [-0.2, -0.15) is 0 Å². The van der Waals surface area contributed by atoms with Gasteiger partial charge < -0.3 is 9.84 Å². The summed E-state index contributed by atoms with van der Waals surface area (Å²) in [6.45, 7) is -0.670. The van der Waals surface area contributed by atoms with Gasteiger partial charge in [0.1, 0.15) is 18.5 Å². The van der Waals surface area contributed by atoms with Crippen LogP contribution in [0.15, 0.2) is 78.9 Å². The summed E-state index contributed by atoms with van der Waals surface area (Å²) in [7, 11) is 0. The van der Waals surface area contributed by atoms with Gasteiger partial charge in [0.15, 0.2) is 0 Å². The fourth-order valence-corrected chi connectivity index (χ4v) is 4.14. The fraction of sp³-hybridized carbons (Fsp3) is 0.231. The smallest absolute Gasteiger partial charge is 0.337 e. The number of hydrogen-bond acceptors (Lipinski definition) is 5. The molecule has 1 atom stereocenters. The van der Waals surface area contributed by atoms with Crippen LogP contribution in [0.3, 0.4) is 0 Å². The molecule has 1 unspecified atom stereocenters. The summed E-state index contributed by atoms with van der Waals surface area (Å²) in [5.41, 5.74) is 6.43. The first-order chi connectivity index (χ1) is 15.7. The van der Waals surface area contributed by atoms with Crippen LogP contribution in [0.25, 0.3) is 0 Å². The molecule has 0 spiro atoms. The molecule has 6 heteroatoms. The third-order valence-corrected chi connectivity index (χ3v) is 5.63. The minimum absolute atomic E-state index is 0.00767. The van der Waals surface area contributed by atoms with Crippen LogP contribution in [0.5, 0.6) is 5.75 Å². The summed E-state index contributed by atoms with van der Waals surface area (Å²) in [6, 6.07) is 24.9. The van der Waals surface area contributed by atoms with Crippen molar-refractivity contribution in [3.8, 4) is 5.75 Å². The molecule has 6 nitrogen and oxygen atoms in total. The monoisotopic (exact) mass is 431 g/mol. The van der Waals surface area contributed by atoms with Crippen LogP contribution in [0.2, 0.25) is 0 Å². The van der Waals surface area contributed by atoms with Crippen LogP contribution < -0.4 is 10.2 Å². The van der Waals surface area contributed by atoms with E-state index in [0.29, 0.717) is 12.2 Å². The number of carbonyl (C=O) groups excluding carboxylic acids is 2. The number of nitrogens with one attached hydrogen (secondary N) is 1. The minimum Gasteiger partial charge on any atom is -0.425 e. The lowest BCUT2D eigenvalue weighted by Gasteiger charge is -2.19. The molecule has 4 rings (SSSR count). The second-order valence-corrected chi connectivity index (χ2v) is 7.74. The average molecular weight is 431 g/mol. The Morgan fingerprint density at radius 1 is 0.938 bits per heavy atom. The van der Waals surface area contributed by atoms with Crippen molar-refractivity contribution < 1.29 is 24.3 Å². The van der Waals surface area contributed by atoms with Crippen LogP contribution in [-0.4, -0.2) is 23.6 Å². The molecule has 3 aromatic rings. The van der Waals surface area contributed by atoms with Crippen molar-refractivity contribution in [1.82, 2.24) is 5.48 Å². The van der Waals surface area contributed by atoms with Crippen molar-refractivity contribution in [3.63, 3.8) is 0 Å². The molecule has 0 saturated heterocycles. The van der Waals surface area contributed by atoms with Crippen LogP contribution >= 0.6 is 0 Å². The lowest BCUT2D eigenvalue weighted by molar-refractivity contribution is -0.138. The Bertz CT molecular complexity index is 1030. The van der Waals surface area contributed by atoms with E-state index in [9.17, 15) is 9.59 Å². The Hall–Kier alpha value is -3.48. The lowest BCUT2D eigenvalue weighted by Crippen LogP contribution is -2.27. The quantitative estimate of drug-likeness (QED) is 0.322. The van der Waals surface area contributed by atoms with E-state index < -0.39 is 18.7 Å². The van der Waals surface area contributed by atoms with Crippen molar-refractivity contribution in [2.45, 2.75) is 31.3 Å². The van der Waals surface area contributed by atoms with Gasteiger partial charge in [-0.05, 0) is 47.1 Å². The Balaban J connectivity index is 1.42. The molecule has 32 heavy (non-hydrogen) atoms. The highest BCUT2D eigenvalue weighted by Gasteiger charge is 2.28. The normalized spacial score (nSPS) is 14.8. The van der Waals surface area contributed by atoms with E-state index >= 15 is 0 Å². The Labute approximate surface area is 186 Å². The molecule has 164 valence electrons. The average Bonchev–Trinajstić information content (AvgIpc) is 3.24. The summed E-state index contributed by atoms with van der Waals surface area (Å²) in [4.78, 5) is 30.1. The van der Waals surface area contributed by atoms with Crippen LogP contribution in [0.1, 0.15) is 47.1 Å². The fourth-order valence-electron chi connectivity index (χ4n) is 4.14. The molecule has 2 N–H and O–H groups in total. The number of benzene rings is 3. The molecule has 3 aromatic carbocycles. The third kappa shape index (κ3) is 5.04. The Morgan fingerprint density at radius 2 is 1.59 bits per heavy atom. The predicted octanol–water partition coefficient (Wildman–Crippen LogP) is 3.84. The van der Waals surface area contributed by atoms with Crippen molar-refractivity contribution in [3.05, 3.63) is 101 Å². The van der Waals surface area contributed by atoms with Crippen LogP contribution in [-0.2, 0) is 20.8 Å². The summed E-state index contributed by atoms with van der Waals surface area (Å²) >= 11 is 0. The number of hydroxylamine groups is 1. The van der Waals surface area contributed by atoms with Crippen molar-refractivity contribution in [2.75, 3.05) is 6.61 Å². The van der Waals surface area contributed by atoms with E-state index in [2.05, 4.69) is 5.48 Å². The molecule has 1 amide bonds. The van der Waals surface area contributed by atoms with Crippen LogP contribution in [0, 0.1) is 0 Å². The van der Waals surface area contributed by atoms with E-state index in [1.54, 1.807) is 12.1 Å². The summed E-state index contributed by atoms with van der Waals surface area (Å²) in [5, 5.41) is 8.94. The summed E-state index contributed by atoms with van der Waals surface area (Å²) < 4.78 is 5.22. The number of aliphatic hydroxyl groups excluding tert-OH is 1. The number of esters is 1. The summed E-state index contributed by atoms with van der Waals surface area (Å²) in [6.07, 6.45) is 1.33. The van der Waals surface area contributed by atoms with Gasteiger partial charge in [0, 0.05) is 6.42 Å². The first kappa shape index (κ1) is 21.7. The Kier molecular flexibility index (Phi) is 6.94. The van der Waals surface area contributed by atoms with E-state index in [0.717, 1.165) is 28.7 Å². The second kappa shape index (κ2) is 10.2. The van der Waals surface area contributed by atoms with Gasteiger partial charge in [-0.3, -0.25) is 9.63 Å². The van der Waals surface area contributed by atoms with E-state index in [1.807, 2.05) is 66.7 Å². The van der Waals surface area contributed by atoms with Crippen molar-refractivity contribution in [2.24, 2.45) is 0 Å². The topological polar surface area (TPSA) is 84.9 Å². The first-order valence-corrected chi connectivity index (χ1v) is 10.6. The summed E-state index contributed by atoms with van der Waals surface area (Å²) in [5.74, 6) is -0.444. The largest absolute Gasteiger partial charge is 0.425 e. The molecule has 0 saturated carbocycles. The van der Waals surface area contributed by atoms with E-state index in [1.165, 1.54) is 0 Å². The van der Waals surface area contributed by atoms with Gasteiger partial charge in [-0.1, -0.05) is 72.8 Å². The van der Waals surface area contributed by atoms with E-state index in [-0.39, 0.29) is 18.2 Å². The molecule has 1 aliphatic rings. The van der Waals surface area contributed by atoms with Crippen molar-refractivity contribution in [1.29, 1.82) is 0 Å². The third-order valence-electron chi connectivity index (χ3n) is 5.63. The maximum atomic E-state index is 12.7. The molecule has 0 bridgehead atoms. The molecular weight excluding hydrogens is 406 g/mol. The lowest BCUT2D eigenvalue weighted by atomic mass is 9.97. The highest BCUT2D eigenvalue weighted by atomic mass is 16.7. The molecule has 0 aromatic heterocycles. The van der Waals surface area contributed by atoms with Crippen molar-refractivity contribution >= 4 is 11.9 Å². The van der Waals surface area contributed by atoms with Gasteiger partial charge in [-0.15, -0.1) is 0 Å². The number of carbonyl (C=O) groups is 2. The van der Waals surface area contributed by atoms with E-state index in [4.69, 9.17) is 14.7 Å². The number of rotatable bonds is 8. The maximum Gasteiger partial charge on any atom is 0.337 e. The number of ether oxygens (including phenoxy) is 1. The highest BCUT2D eigenvalue weighted by Crippen LogP contribution is 2.40. The zero-order chi connectivity index (χ0) is 22.3. The van der Waals surface area contributed by atoms with Gasteiger partial charge in [0.05, 0.1) is 0 Å². The first-order valence-electron chi connectivity index (χ1n) is 10.6. The predicted molar refractivity (Wildman–Crippen MR) is 119 cm³/mol. The zero-order valence-electron chi connectivity index (χ0n) is 17.6. The van der Waals surface area contributed by atoms with Crippen LogP contribution in [0.4, 0.5) is 0 Å². The maximum absolute atomic E-state index is 12.7. The second-order valence-electron chi connectivity index (χ2n) is 7.74. The zero-order valence-corrected chi connectivity index (χ0v) is 17.6. The minimum atomic E-state index is -0.694. The number of hydrogen-bond donors (Lipinski definition) is 2. The van der Waals surface area contributed by atoms with Gasteiger partial charge in [0.2, 0.25) is 5.91 Å². The molecule has 0 aliphatic heterocycles. The van der Waals surface area contributed by atoms with Gasteiger partial charge in [-0.25, -0.2) is 10.3 Å².